The molecule has 0 fully saturated rings. The summed E-state index contributed by atoms with van der Waals surface area (Å²) >= 11 is 12.0. The van der Waals surface area contributed by atoms with Crippen LogP contribution in [-0.2, 0) is 0 Å². The Morgan fingerprint density at radius 1 is 0.900 bits per heavy atom. The van der Waals surface area contributed by atoms with Crippen LogP contribution in [0, 0.1) is 0 Å². The standard InChI is InChI=1S/C16H16Cl2O2/c1-2-3-12(10-4-6-15(19)13(17)8-10)11-5-7-16(20)14(18)9-11/h4-9,12,19-20H,2-3H2,1H3. The molecule has 106 valence electrons. The molecule has 4 heteroatoms. The van der Waals surface area contributed by atoms with Gasteiger partial charge in [-0.15, -0.1) is 0 Å². The third-order valence-electron chi connectivity index (χ3n) is 3.33. The van der Waals surface area contributed by atoms with E-state index in [-0.39, 0.29) is 17.4 Å². The molecule has 0 heterocycles. The van der Waals surface area contributed by atoms with Gasteiger partial charge in [-0.1, -0.05) is 48.7 Å². The van der Waals surface area contributed by atoms with Gasteiger partial charge in [-0.25, -0.2) is 0 Å². The van der Waals surface area contributed by atoms with Gasteiger partial charge in [0, 0.05) is 5.92 Å². The number of aromatic hydroxyl groups is 2. The first-order chi connectivity index (χ1) is 9.52. The van der Waals surface area contributed by atoms with Gasteiger partial charge < -0.3 is 10.2 Å². The van der Waals surface area contributed by atoms with E-state index in [9.17, 15) is 10.2 Å². The zero-order valence-electron chi connectivity index (χ0n) is 11.1. The number of rotatable bonds is 4. The average molecular weight is 311 g/mol. The van der Waals surface area contributed by atoms with Crippen LogP contribution < -0.4 is 0 Å². The Labute approximate surface area is 128 Å². The van der Waals surface area contributed by atoms with Gasteiger partial charge in [0.1, 0.15) is 11.5 Å². The molecule has 2 aromatic rings. The topological polar surface area (TPSA) is 40.5 Å². The second-order valence-electron chi connectivity index (χ2n) is 4.76. The quantitative estimate of drug-likeness (QED) is 0.800. The summed E-state index contributed by atoms with van der Waals surface area (Å²) in [6.07, 6.45) is 1.93. The van der Waals surface area contributed by atoms with Crippen molar-refractivity contribution in [3.63, 3.8) is 0 Å². The van der Waals surface area contributed by atoms with Crippen LogP contribution >= 0.6 is 23.2 Å². The van der Waals surface area contributed by atoms with Gasteiger partial charge in [-0.2, -0.15) is 0 Å². The summed E-state index contributed by atoms with van der Waals surface area (Å²) < 4.78 is 0. The Hall–Kier alpha value is -1.38. The highest BCUT2D eigenvalue weighted by Crippen LogP contribution is 2.36. The Morgan fingerprint density at radius 2 is 1.35 bits per heavy atom. The highest BCUT2D eigenvalue weighted by molar-refractivity contribution is 6.32. The smallest absolute Gasteiger partial charge is 0.134 e. The minimum atomic E-state index is 0.0782. The van der Waals surface area contributed by atoms with Crippen LogP contribution in [-0.4, -0.2) is 10.2 Å². The SMILES string of the molecule is CCCC(c1ccc(O)c(Cl)c1)c1ccc(O)c(Cl)c1. The number of phenolic OH excluding ortho intramolecular Hbond substituents is 2. The van der Waals surface area contributed by atoms with Crippen molar-refractivity contribution < 1.29 is 10.2 Å². The molecule has 0 aliphatic carbocycles. The van der Waals surface area contributed by atoms with Crippen LogP contribution in [0.25, 0.3) is 0 Å². The van der Waals surface area contributed by atoms with Crippen molar-refractivity contribution in [1.29, 1.82) is 0 Å². The summed E-state index contributed by atoms with van der Waals surface area (Å²) in [5.41, 5.74) is 2.05. The normalized spacial score (nSPS) is 11.0. The number of benzene rings is 2. The van der Waals surface area contributed by atoms with Gasteiger partial charge in [-0.3, -0.25) is 0 Å². The first kappa shape index (κ1) is 15.0. The third kappa shape index (κ3) is 3.20. The summed E-state index contributed by atoms with van der Waals surface area (Å²) in [7, 11) is 0. The lowest BCUT2D eigenvalue weighted by Gasteiger charge is -2.18. The maximum absolute atomic E-state index is 9.52. The van der Waals surface area contributed by atoms with E-state index in [0.29, 0.717) is 10.0 Å². The van der Waals surface area contributed by atoms with Crippen molar-refractivity contribution in [2.45, 2.75) is 25.7 Å². The maximum atomic E-state index is 9.52. The summed E-state index contributed by atoms with van der Waals surface area (Å²) in [5.74, 6) is 0.292. The maximum Gasteiger partial charge on any atom is 0.134 e. The molecule has 2 rings (SSSR count). The Balaban J connectivity index is 2.44. The summed E-state index contributed by atoms with van der Waals surface area (Å²) in [6, 6.07) is 10.5. The lowest BCUT2D eigenvalue weighted by molar-refractivity contribution is 0.475. The lowest BCUT2D eigenvalue weighted by Crippen LogP contribution is -2.01. The number of halogens is 2. The highest BCUT2D eigenvalue weighted by Gasteiger charge is 2.16. The van der Waals surface area contributed by atoms with Gasteiger partial charge >= 0.3 is 0 Å². The number of phenols is 2. The van der Waals surface area contributed by atoms with Crippen molar-refractivity contribution in [3.05, 3.63) is 57.6 Å². The molecule has 0 aliphatic heterocycles. The van der Waals surface area contributed by atoms with Crippen molar-refractivity contribution >= 4 is 23.2 Å². The molecule has 0 aromatic heterocycles. The average Bonchev–Trinajstić information content (AvgIpc) is 2.43. The number of hydrogen-bond donors (Lipinski definition) is 2. The Bertz CT molecular complexity index is 560. The summed E-state index contributed by atoms with van der Waals surface area (Å²) in [5, 5.41) is 19.7. The molecule has 0 amide bonds. The molecule has 0 radical (unpaired) electrons. The van der Waals surface area contributed by atoms with Crippen molar-refractivity contribution in [2.75, 3.05) is 0 Å². The second-order valence-corrected chi connectivity index (χ2v) is 5.58. The van der Waals surface area contributed by atoms with Gasteiger partial charge in [0.25, 0.3) is 0 Å². The molecule has 2 nitrogen and oxygen atoms in total. The van der Waals surface area contributed by atoms with Crippen LogP contribution in [0.2, 0.25) is 10.0 Å². The zero-order valence-corrected chi connectivity index (χ0v) is 12.6. The molecule has 0 saturated heterocycles. The molecular formula is C16H16Cl2O2. The van der Waals surface area contributed by atoms with E-state index in [1.54, 1.807) is 24.3 Å². The molecule has 2 N–H and O–H groups in total. The van der Waals surface area contributed by atoms with Crippen LogP contribution in [0.3, 0.4) is 0 Å². The van der Waals surface area contributed by atoms with Gasteiger partial charge in [0.15, 0.2) is 0 Å². The van der Waals surface area contributed by atoms with E-state index >= 15 is 0 Å². The fraction of sp³-hybridized carbons (Fsp3) is 0.250. The minimum Gasteiger partial charge on any atom is -0.506 e. The van der Waals surface area contributed by atoms with E-state index in [4.69, 9.17) is 23.2 Å². The predicted molar refractivity (Wildman–Crippen MR) is 83.0 cm³/mol. The van der Waals surface area contributed by atoms with Crippen molar-refractivity contribution in [2.24, 2.45) is 0 Å². The Morgan fingerprint density at radius 3 is 1.70 bits per heavy atom. The third-order valence-corrected chi connectivity index (χ3v) is 3.93. The summed E-state index contributed by atoms with van der Waals surface area (Å²) in [4.78, 5) is 0. The molecule has 0 bridgehead atoms. The molecule has 0 spiro atoms. The second kappa shape index (κ2) is 6.38. The first-order valence-electron chi connectivity index (χ1n) is 6.49. The van der Waals surface area contributed by atoms with E-state index in [2.05, 4.69) is 6.92 Å². The van der Waals surface area contributed by atoms with E-state index < -0.39 is 0 Å². The molecule has 2 aromatic carbocycles. The van der Waals surface area contributed by atoms with E-state index in [1.807, 2.05) is 12.1 Å². The fourth-order valence-corrected chi connectivity index (χ4v) is 2.67. The van der Waals surface area contributed by atoms with Crippen LogP contribution in [0.4, 0.5) is 0 Å². The molecule has 0 atom stereocenters. The molecule has 0 unspecified atom stereocenters. The van der Waals surface area contributed by atoms with Crippen LogP contribution in [0.1, 0.15) is 36.8 Å². The minimum absolute atomic E-state index is 0.0782. The van der Waals surface area contributed by atoms with Crippen LogP contribution in [0.5, 0.6) is 11.5 Å². The molecule has 0 saturated carbocycles. The fourth-order valence-electron chi connectivity index (χ4n) is 2.29. The van der Waals surface area contributed by atoms with Gasteiger partial charge in [0.2, 0.25) is 0 Å². The number of hydrogen-bond acceptors (Lipinski definition) is 2. The van der Waals surface area contributed by atoms with Crippen molar-refractivity contribution in [1.82, 2.24) is 0 Å². The van der Waals surface area contributed by atoms with Crippen molar-refractivity contribution in [3.8, 4) is 11.5 Å². The Kier molecular flexibility index (Phi) is 4.79. The monoisotopic (exact) mass is 310 g/mol. The molecular weight excluding hydrogens is 295 g/mol. The van der Waals surface area contributed by atoms with Crippen LogP contribution in [0.15, 0.2) is 36.4 Å². The highest BCUT2D eigenvalue weighted by atomic mass is 35.5. The van der Waals surface area contributed by atoms with Gasteiger partial charge in [0.05, 0.1) is 10.0 Å². The first-order valence-corrected chi connectivity index (χ1v) is 7.25. The predicted octanol–water partition coefficient (Wildman–Crippen LogP) is 5.34. The molecule has 0 aliphatic rings. The summed E-state index contributed by atoms with van der Waals surface area (Å²) in [6.45, 7) is 2.11. The zero-order chi connectivity index (χ0) is 14.7. The largest absolute Gasteiger partial charge is 0.506 e. The van der Waals surface area contributed by atoms with E-state index in [0.717, 1.165) is 24.0 Å². The van der Waals surface area contributed by atoms with E-state index in [1.165, 1.54) is 0 Å². The van der Waals surface area contributed by atoms with Gasteiger partial charge in [-0.05, 0) is 41.8 Å². The lowest BCUT2D eigenvalue weighted by atomic mass is 9.87. The molecule has 20 heavy (non-hydrogen) atoms.